The van der Waals surface area contributed by atoms with E-state index >= 15 is 0 Å². The summed E-state index contributed by atoms with van der Waals surface area (Å²) in [7, 11) is 0. The lowest BCUT2D eigenvalue weighted by Crippen LogP contribution is -2.18. The molecule has 1 N–H and O–H groups in total. The van der Waals surface area contributed by atoms with Gasteiger partial charge in [0.1, 0.15) is 5.69 Å². The maximum Gasteiger partial charge on any atom is 0.187 e. The largest absolute Gasteiger partial charge is 0.310 e. The molecule has 0 aliphatic heterocycles. The van der Waals surface area contributed by atoms with Crippen LogP contribution in [0.1, 0.15) is 12.7 Å². The van der Waals surface area contributed by atoms with Gasteiger partial charge in [0, 0.05) is 6.07 Å². The Morgan fingerprint density at radius 2 is 1.79 bits per heavy atom. The summed E-state index contributed by atoms with van der Waals surface area (Å²) in [5, 5.41) is 12.9. The molecule has 1 heterocycles. The zero-order valence-electron chi connectivity index (χ0n) is 9.79. The Kier molecular flexibility index (Phi) is 3.74. The minimum Gasteiger partial charge on any atom is -0.310 e. The predicted octanol–water partition coefficient (Wildman–Crippen LogP) is 1.33. The highest BCUT2D eigenvalue weighted by Crippen LogP contribution is 2.22. The van der Waals surface area contributed by atoms with Gasteiger partial charge in [-0.25, -0.2) is 17.6 Å². The first-order valence-electron chi connectivity index (χ1n) is 5.37. The molecule has 0 radical (unpaired) electrons. The third-order valence-corrected chi connectivity index (χ3v) is 2.37. The van der Waals surface area contributed by atoms with Crippen LogP contribution in [-0.4, -0.2) is 26.8 Å². The van der Waals surface area contributed by atoms with Crippen molar-refractivity contribution in [1.29, 1.82) is 0 Å². The molecule has 0 saturated heterocycles. The molecule has 19 heavy (non-hydrogen) atoms. The fourth-order valence-electron chi connectivity index (χ4n) is 1.47. The minimum atomic E-state index is -1.55. The molecule has 5 nitrogen and oxygen atoms in total. The van der Waals surface area contributed by atoms with Crippen molar-refractivity contribution in [3.05, 3.63) is 35.2 Å². The van der Waals surface area contributed by atoms with Gasteiger partial charge in [0.15, 0.2) is 29.1 Å². The molecule has 0 saturated carbocycles. The van der Waals surface area contributed by atoms with E-state index in [1.165, 1.54) is 0 Å². The SMILES string of the molecule is CCNCc1nnnn1-c1c(F)c(F)cc(F)c1F. The van der Waals surface area contributed by atoms with Crippen molar-refractivity contribution in [3.8, 4) is 5.69 Å². The van der Waals surface area contributed by atoms with Gasteiger partial charge in [0.05, 0.1) is 6.54 Å². The highest BCUT2D eigenvalue weighted by Gasteiger charge is 2.23. The number of nitrogens with one attached hydrogen (secondary N) is 1. The normalized spacial score (nSPS) is 11.0. The summed E-state index contributed by atoms with van der Waals surface area (Å²) in [6.07, 6.45) is 0. The Morgan fingerprint density at radius 1 is 1.16 bits per heavy atom. The van der Waals surface area contributed by atoms with E-state index in [0.717, 1.165) is 0 Å². The molecular weight excluding hydrogens is 266 g/mol. The van der Waals surface area contributed by atoms with Gasteiger partial charge >= 0.3 is 0 Å². The van der Waals surface area contributed by atoms with E-state index in [-0.39, 0.29) is 18.4 Å². The molecule has 0 fully saturated rings. The zero-order chi connectivity index (χ0) is 14.0. The van der Waals surface area contributed by atoms with Crippen LogP contribution >= 0.6 is 0 Å². The maximum atomic E-state index is 13.6. The average molecular weight is 275 g/mol. The Morgan fingerprint density at radius 3 is 2.37 bits per heavy atom. The predicted molar refractivity (Wildman–Crippen MR) is 56.4 cm³/mol. The number of hydrogen-bond donors (Lipinski definition) is 1. The summed E-state index contributed by atoms with van der Waals surface area (Å²) in [4.78, 5) is 0. The summed E-state index contributed by atoms with van der Waals surface area (Å²) >= 11 is 0. The van der Waals surface area contributed by atoms with E-state index in [9.17, 15) is 17.6 Å². The molecule has 102 valence electrons. The standard InChI is InChI=1S/C10H9F4N5/c1-2-15-4-7-16-17-18-19(7)10-8(13)5(11)3-6(12)9(10)14/h3,15H,2,4H2,1H3. The number of halogens is 4. The van der Waals surface area contributed by atoms with Gasteiger partial charge in [-0.15, -0.1) is 5.10 Å². The van der Waals surface area contributed by atoms with E-state index in [4.69, 9.17) is 0 Å². The van der Waals surface area contributed by atoms with Gasteiger partial charge in [0.2, 0.25) is 0 Å². The summed E-state index contributed by atoms with van der Waals surface area (Å²) in [5.74, 6) is -6.10. The van der Waals surface area contributed by atoms with E-state index in [1.807, 2.05) is 0 Å². The highest BCUT2D eigenvalue weighted by atomic mass is 19.2. The third-order valence-electron chi connectivity index (χ3n) is 2.37. The molecular formula is C10H9F4N5. The van der Waals surface area contributed by atoms with Crippen molar-refractivity contribution < 1.29 is 17.6 Å². The first-order chi connectivity index (χ1) is 9.06. The van der Waals surface area contributed by atoms with Crippen LogP contribution in [0.2, 0.25) is 0 Å². The van der Waals surface area contributed by atoms with Crippen LogP contribution in [0, 0.1) is 23.3 Å². The van der Waals surface area contributed by atoms with Crippen LogP contribution in [0.25, 0.3) is 5.69 Å². The van der Waals surface area contributed by atoms with Crippen molar-refractivity contribution in [2.24, 2.45) is 0 Å². The lowest BCUT2D eigenvalue weighted by atomic mass is 10.2. The fourth-order valence-corrected chi connectivity index (χ4v) is 1.47. The lowest BCUT2D eigenvalue weighted by molar-refractivity contribution is 0.441. The molecule has 9 heteroatoms. The van der Waals surface area contributed by atoms with Crippen LogP contribution in [0.4, 0.5) is 17.6 Å². The second kappa shape index (κ2) is 5.31. The molecule has 0 bridgehead atoms. The quantitative estimate of drug-likeness (QED) is 0.675. The van der Waals surface area contributed by atoms with E-state index in [2.05, 4.69) is 20.8 Å². The first-order valence-corrected chi connectivity index (χ1v) is 5.37. The molecule has 0 amide bonds. The van der Waals surface area contributed by atoms with Crippen molar-refractivity contribution in [3.63, 3.8) is 0 Å². The first kappa shape index (κ1) is 13.4. The molecule has 0 spiro atoms. The Labute approximate surface area is 105 Å². The van der Waals surface area contributed by atoms with Gasteiger partial charge in [0.25, 0.3) is 0 Å². The van der Waals surface area contributed by atoms with E-state index in [0.29, 0.717) is 11.2 Å². The minimum absolute atomic E-state index is 0.0321. The molecule has 1 aromatic carbocycles. The third kappa shape index (κ3) is 2.41. The lowest BCUT2D eigenvalue weighted by Gasteiger charge is -2.08. The number of rotatable bonds is 4. The fraction of sp³-hybridized carbons (Fsp3) is 0.300. The van der Waals surface area contributed by atoms with Crippen molar-refractivity contribution in [1.82, 2.24) is 25.5 Å². The zero-order valence-corrected chi connectivity index (χ0v) is 9.79. The second-order valence-electron chi connectivity index (χ2n) is 3.60. The highest BCUT2D eigenvalue weighted by molar-refractivity contribution is 5.36. The van der Waals surface area contributed by atoms with Crippen LogP contribution in [0.3, 0.4) is 0 Å². The molecule has 1 aromatic heterocycles. The van der Waals surface area contributed by atoms with Gasteiger partial charge in [-0.3, -0.25) is 0 Å². The molecule has 2 aromatic rings. The summed E-state index contributed by atoms with van der Waals surface area (Å²) < 4.78 is 54.0. The summed E-state index contributed by atoms with van der Waals surface area (Å²) in [6.45, 7) is 2.47. The summed E-state index contributed by atoms with van der Waals surface area (Å²) in [6, 6.07) is 0.127. The van der Waals surface area contributed by atoms with Crippen LogP contribution in [0.5, 0.6) is 0 Å². The average Bonchev–Trinajstić information content (AvgIpc) is 2.82. The van der Waals surface area contributed by atoms with Gasteiger partial charge in [-0.1, -0.05) is 6.92 Å². The molecule has 0 unspecified atom stereocenters. The van der Waals surface area contributed by atoms with Crippen molar-refractivity contribution in [2.75, 3.05) is 6.54 Å². The Bertz CT molecular complexity index is 572. The Balaban J connectivity index is 2.56. The van der Waals surface area contributed by atoms with Crippen molar-refractivity contribution in [2.45, 2.75) is 13.5 Å². The molecule has 0 atom stereocenters. The second-order valence-corrected chi connectivity index (χ2v) is 3.60. The molecule has 0 aliphatic carbocycles. The van der Waals surface area contributed by atoms with Gasteiger partial charge in [-0.05, 0) is 17.0 Å². The maximum absolute atomic E-state index is 13.6. The molecule has 2 rings (SSSR count). The van der Waals surface area contributed by atoms with Gasteiger partial charge in [-0.2, -0.15) is 4.68 Å². The topological polar surface area (TPSA) is 55.6 Å². The van der Waals surface area contributed by atoms with E-state index in [1.54, 1.807) is 6.92 Å². The Hall–Kier alpha value is -2.03. The number of tetrazole rings is 1. The number of aromatic nitrogens is 4. The number of benzene rings is 1. The van der Waals surface area contributed by atoms with Crippen LogP contribution in [-0.2, 0) is 6.54 Å². The molecule has 0 aliphatic rings. The smallest absolute Gasteiger partial charge is 0.187 e. The number of nitrogens with zero attached hydrogens (tertiary/aromatic N) is 4. The number of hydrogen-bond acceptors (Lipinski definition) is 4. The van der Waals surface area contributed by atoms with Crippen LogP contribution < -0.4 is 5.32 Å². The van der Waals surface area contributed by atoms with Crippen molar-refractivity contribution >= 4 is 0 Å². The monoisotopic (exact) mass is 275 g/mol. The van der Waals surface area contributed by atoms with Gasteiger partial charge < -0.3 is 5.32 Å². The van der Waals surface area contributed by atoms with Crippen LogP contribution in [0.15, 0.2) is 6.07 Å². The summed E-state index contributed by atoms with van der Waals surface area (Å²) in [5.41, 5.74) is -0.976. The van der Waals surface area contributed by atoms with E-state index < -0.39 is 29.0 Å².